The number of aromatic nitrogens is 4. The Labute approximate surface area is 128 Å². The third-order valence-corrected chi connectivity index (χ3v) is 2.94. The summed E-state index contributed by atoms with van der Waals surface area (Å²) >= 11 is 0. The lowest BCUT2D eigenvalue weighted by molar-refractivity contribution is 0.442. The smallest absolute Gasteiger partial charge is 0.361 e. The van der Waals surface area contributed by atoms with E-state index in [4.69, 9.17) is 4.74 Å². The van der Waals surface area contributed by atoms with E-state index in [-0.39, 0.29) is 18.1 Å². The van der Waals surface area contributed by atoms with Crippen LogP contribution in [-0.2, 0) is 6.54 Å². The van der Waals surface area contributed by atoms with Crippen molar-refractivity contribution in [1.29, 1.82) is 0 Å². The number of aromatic amines is 1. The zero-order chi connectivity index (χ0) is 16.2. The Morgan fingerprint density at radius 2 is 1.87 bits per heavy atom. The average Bonchev–Trinajstić information content (AvgIpc) is 3.04. The maximum Gasteiger partial charge on any atom is 0.361 e. The second kappa shape index (κ2) is 6.34. The van der Waals surface area contributed by atoms with Crippen LogP contribution in [-0.4, -0.2) is 20.6 Å². The minimum Gasteiger partial charge on any atom is -0.422 e. The van der Waals surface area contributed by atoms with Crippen molar-refractivity contribution in [2.75, 3.05) is 5.32 Å². The molecule has 0 radical (unpaired) electrons. The number of nitrogens with one attached hydrogen (secondary N) is 2. The number of hydrogen-bond donors (Lipinski definition) is 2. The van der Waals surface area contributed by atoms with Crippen LogP contribution >= 0.6 is 0 Å². The normalized spacial score (nSPS) is 10.6. The summed E-state index contributed by atoms with van der Waals surface area (Å²) in [5, 5.41) is 15.7. The SMILES string of the molecule is Fc1cc(F)c(F)c(CNc2ccc(Oc3nn[nH]n3)cc2)c1. The fraction of sp³-hybridized carbons (Fsp3) is 0.0714. The summed E-state index contributed by atoms with van der Waals surface area (Å²) in [6.45, 7) is -0.0639. The van der Waals surface area contributed by atoms with Gasteiger partial charge >= 0.3 is 6.01 Å². The Morgan fingerprint density at radius 1 is 1.09 bits per heavy atom. The zero-order valence-corrected chi connectivity index (χ0v) is 11.6. The van der Waals surface area contributed by atoms with Crippen LogP contribution in [0.25, 0.3) is 0 Å². The lowest BCUT2D eigenvalue weighted by Crippen LogP contribution is -2.04. The van der Waals surface area contributed by atoms with Crippen LogP contribution in [0, 0.1) is 17.5 Å². The molecule has 1 aromatic heterocycles. The maximum atomic E-state index is 13.5. The van der Waals surface area contributed by atoms with Gasteiger partial charge in [-0.05, 0) is 35.5 Å². The Morgan fingerprint density at radius 3 is 2.57 bits per heavy atom. The topological polar surface area (TPSA) is 75.7 Å². The molecule has 0 aliphatic rings. The summed E-state index contributed by atoms with van der Waals surface area (Å²) in [6.07, 6.45) is 0. The molecule has 0 aliphatic carbocycles. The Bertz CT molecular complexity index is 793. The zero-order valence-electron chi connectivity index (χ0n) is 11.6. The van der Waals surface area contributed by atoms with Gasteiger partial charge < -0.3 is 10.1 Å². The largest absolute Gasteiger partial charge is 0.422 e. The molecule has 0 unspecified atom stereocenters. The van der Waals surface area contributed by atoms with E-state index in [0.29, 0.717) is 17.5 Å². The molecule has 3 aromatic rings. The van der Waals surface area contributed by atoms with E-state index in [1.165, 1.54) is 0 Å². The first-order valence-corrected chi connectivity index (χ1v) is 6.50. The highest BCUT2D eigenvalue weighted by Crippen LogP contribution is 2.21. The average molecular weight is 321 g/mol. The van der Waals surface area contributed by atoms with E-state index >= 15 is 0 Å². The Kier molecular flexibility index (Phi) is 4.09. The number of hydrogen-bond acceptors (Lipinski definition) is 5. The monoisotopic (exact) mass is 321 g/mol. The molecule has 6 nitrogen and oxygen atoms in total. The summed E-state index contributed by atoms with van der Waals surface area (Å²) in [4.78, 5) is 0. The first-order valence-electron chi connectivity index (χ1n) is 6.50. The second-order valence-electron chi connectivity index (χ2n) is 4.54. The molecule has 23 heavy (non-hydrogen) atoms. The number of nitrogens with zero attached hydrogens (tertiary/aromatic N) is 3. The molecule has 3 rings (SSSR count). The van der Waals surface area contributed by atoms with E-state index in [2.05, 4.69) is 25.9 Å². The van der Waals surface area contributed by atoms with Crippen molar-refractivity contribution in [2.24, 2.45) is 0 Å². The van der Waals surface area contributed by atoms with E-state index in [9.17, 15) is 13.2 Å². The highest BCUT2D eigenvalue weighted by atomic mass is 19.2. The van der Waals surface area contributed by atoms with Gasteiger partial charge in [0.15, 0.2) is 11.6 Å². The van der Waals surface area contributed by atoms with Gasteiger partial charge in [-0.3, -0.25) is 0 Å². The van der Waals surface area contributed by atoms with Gasteiger partial charge in [-0.2, -0.15) is 5.21 Å². The Hall–Kier alpha value is -3.10. The van der Waals surface area contributed by atoms with Gasteiger partial charge in [-0.25, -0.2) is 13.2 Å². The lowest BCUT2D eigenvalue weighted by Gasteiger charge is -2.09. The molecular formula is C14H10F3N5O. The minimum atomic E-state index is -1.22. The van der Waals surface area contributed by atoms with Gasteiger partial charge in [0.05, 0.1) is 0 Å². The summed E-state index contributed by atoms with van der Waals surface area (Å²) in [5.41, 5.74) is 0.518. The fourth-order valence-electron chi connectivity index (χ4n) is 1.88. The van der Waals surface area contributed by atoms with Gasteiger partial charge in [-0.1, -0.05) is 10.2 Å². The summed E-state index contributed by atoms with van der Waals surface area (Å²) in [7, 11) is 0. The molecule has 0 saturated carbocycles. The number of H-pyrrole nitrogens is 1. The van der Waals surface area contributed by atoms with Crippen LogP contribution in [0.15, 0.2) is 36.4 Å². The van der Waals surface area contributed by atoms with Gasteiger partial charge in [0.1, 0.15) is 11.6 Å². The van der Waals surface area contributed by atoms with Crippen LogP contribution < -0.4 is 10.1 Å². The molecular weight excluding hydrogens is 311 g/mol. The standard InChI is InChI=1S/C14H10F3N5O/c15-9-5-8(13(17)12(16)6-9)7-18-10-1-3-11(4-2-10)23-14-19-21-22-20-14/h1-6,18H,7H2,(H,19,20,21,22). The number of halogens is 3. The molecule has 9 heteroatoms. The molecule has 0 fully saturated rings. The summed E-state index contributed by atoms with van der Waals surface area (Å²) in [5.74, 6) is -2.65. The second-order valence-corrected chi connectivity index (χ2v) is 4.54. The van der Waals surface area contributed by atoms with Crippen LogP contribution in [0.4, 0.5) is 18.9 Å². The maximum absolute atomic E-state index is 13.5. The molecule has 0 aliphatic heterocycles. The predicted molar refractivity (Wildman–Crippen MR) is 74.3 cm³/mol. The molecule has 0 spiro atoms. The first kappa shape index (κ1) is 14.8. The quantitative estimate of drug-likeness (QED) is 0.707. The highest BCUT2D eigenvalue weighted by molar-refractivity contribution is 5.47. The van der Waals surface area contributed by atoms with Crippen LogP contribution in [0.3, 0.4) is 0 Å². The number of tetrazole rings is 1. The molecule has 1 heterocycles. The number of rotatable bonds is 5. The van der Waals surface area contributed by atoms with Crippen molar-refractivity contribution in [3.63, 3.8) is 0 Å². The molecule has 118 valence electrons. The number of anilines is 1. The third-order valence-electron chi connectivity index (χ3n) is 2.94. The van der Waals surface area contributed by atoms with Crippen molar-refractivity contribution in [3.8, 4) is 11.8 Å². The van der Waals surface area contributed by atoms with Crippen molar-refractivity contribution < 1.29 is 17.9 Å². The van der Waals surface area contributed by atoms with Gasteiger partial charge in [0.25, 0.3) is 0 Å². The van der Waals surface area contributed by atoms with Crippen LogP contribution in [0.2, 0.25) is 0 Å². The van der Waals surface area contributed by atoms with Gasteiger partial charge in [0.2, 0.25) is 0 Å². The third kappa shape index (κ3) is 3.57. The van der Waals surface area contributed by atoms with E-state index < -0.39 is 17.5 Å². The predicted octanol–water partition coefficient (Wildman–Crippen LogP) is 3.02. The summed E-state index contributed by atoms with van der Waals surface area (Å²) < 4.78 is 45.0. The van der Waals surface area contributed by atoms with Crippen LogP contribution in [0.5, 0.6) is 11.8 Å². The molecule has 0 atom stereocenters. The van der Waals surface area contributed by atoms with E-state index in [0.717, 1.165) is 6.07 Å². The van der Waals surface area contributed by atoms with Crippen molar-refractivity contribution in [2.45, 2.75) is 6.54 Å². The molecule has 2 aromatic carbocycles. The Balaban J connectivity index is 1.65. The molecule has 0 saturated heterocycles. The van der Waals surface area contributed by atoms with Gasteiger partial charge in [-0.15, -0.1) is 0 Å². The minimum absolute atomic E-state index is 0.0639. The molecule has 2 N–H and O–H groups in total. The van der Waals surface area contributed by atoms with Crippen molar-refractivity contribution in [3.05, 3.63) is 59.4 Å². The number of benzene rings is 2. The van der Waals surface area contributed by atoms with E-state index in [1.807, 2.05) is 0 Å². The summed E-state index contributed by atoms with van der Waals surface area (Å²) in [6, 6.07) is 8.08. The number of ether oxygens (including phenoxy) is 1. The highest BCUT2D eigenvalue weighted by Gasteiger charge is 2.10. The first-order chi connectivity index (χ1) is 11.1. The lowest BCUT2D eigenvalue weighted by atomic mass is 10.2. The van der Waals surface area contributed by atoms with Crippen LogP contribution in [0.1, 0.15) is 5.56 Å². The molecule has 0 amide bonds. The molecule has 0 bridgehead atoms. The van der Waals surface area contributed by atoms with E-state index in [1.54, 1.807) is 24.3 Å². The van der Waals surface area contributed by atoms with Crippen molar-refractivity contribution in [1.82, 2.24) is 20.6 Å². The van der Waals surface area contributed by atoms with Crippen molar-refractivity contribution >= 4 is 5.69 Å². The van der Waals surface area contributed by atoms with Gasteiger partial charge in [0, 0.05) is 23.9 Å². The fourth-order valence-corrected chi connectivity index (χ4v) is 1.88.